The lowest BCUT2D eigenvalue weighted by Gasteiger charge is -2.15. The van der Waals surface area contributed by atoms with Crippen molar-refractivity contribution in [2.24, 2.45) is 5.73 Å². The third-order valence-electron chi connectivity index (χ3n) is 2.48. The second kappa shape index (κ2) is 6.10. The van der Waals surface area contributed by atoms with Crippen molar-refractivity contribution in [1.82, 2.24) is 0 Å². The molecule has 0 bridgehead atoms. The van der Waals surface area contributed by atoms with Gasteiger partial charge in [0, 0.05) is 25.3 Å². The van der Waals surface area contributed by atoms with E-state index in [9.17, 15) is 22.0 Å². The van der Waals surface area contributed by atoms with Crippen molar-refractivity contribution in [2.45, 2.75) is 18.9 Å². The van der Waals surface area contributed by atoms with Crippen molar-refractivity contribution >= 4 is 0 Å². The molecule has 102 valence electrons. The number of benzene rings is 1. The molecule has 2 N–H and O–H groups in total. The zero-order valence-corrected chi connectivity index (χ0v) is 9.57. The molecule has 18 heavy (non-hydrogen) atoms. The number of methoxy groups -OCH3 is 1. The smallest absolute Gasteiger partial charge is 0.200 e. The maximum atomic E-state index is 13.3. The van der Waals surface area contributed by atoms with Gasteiger partial charge in [0.25, 0.3) is 0 Å². The zero-order valence-electron chi connectivity index (χ0n) is 9.57. The summed E-state index contributed by atoms with van der Waals surface area (Å²) in [4.78, 5) is 0. The van der Waals surface area contributed by atoms with E-state index in [4.69, 9.17) is 10.5 Å². The van der Waals surface area contributed by atoms with E-state index in [2.05, 4.69) is 0 Å². The zero-order chi connectivity index (χ0) is 13.9. The minimum atomic E-state index is -2.18. The normalized spacial score (nSPS) is 12.8. The first-order valence-corrected chi connectivity index (χ1v) is 5.17. The highest BCUT2D eigenvalue weighted by Gasteiger charge is 2.28. The first-order chi connectivity index (χ1) is 8.41. The summed E-state index contributed by atoms with van der Waals surface area (Å²) in [5.41, 5.74) is 4.45. The van der Waals surface area contributed by atoms with E-state index in [1.54, 1.807) is 0 Å². The van der Waals surface area contributed by atoms with Crippen LogP contribution in [0.25, 0.3) is 0 Å². The highest BCUT2D eigenvalue weighted by atomic mass is 19.2. The number of hydrogen-bond acceptors (Lipinski definition) is 2. The predicted octanol–water partition coefficient (Wildman–Crippen LogP) is 2.81. The molecule has 2 nitrogen and oxygen atoms in total. The van der Waals surface area contributed by atoms with Gasteiger partial charge < -0.3 is 10.5 Å². The molecule has 0 aliphatic carbocycles. The molecule has 1 unspecified atom stereocenters. The fourth-order valence-electron chi connectivity index (χ4n) is 1.54. The molecule has 0 saturated carbocycles. The van der Waals surface area contributed by atoms with Crippen LogP contribution in [0.5, 0.6) is 0 Å². The number of rotatable bonds is 5. The van der Waals surface area contributed by atoms with Crippen molar-refractivity contribution in [2.75, 3.05) is 13.7 Å². The van der Waals surface area contributed by atoms with Gasteiger partial charge in [-0.15, -0.1) is 0 Å². The van der Waals surface area contributed by atoms with Crippen molar-refractivity contribution in [3.8, 4) is 0 Å². The molecular formula is C11H12F5NO. The number of nitrogens with two attached hydrogens (primary N) is 1. The lowest BCUT2D eigenvalue weighted by Crippen LogP contribution is -2.18. The molecule has 1 atom stereocenters. The summed E-state index contributed by atoms with van der Waals surface area (Å²) in [5.74, 6) is -9.90. The van der Waals surface area contributed by atoms with Crippen LogP contribution in [-0.2, 0) is 4.74 Å². The highest BCUT2D eigenvalue weighted by molar-refractivity contribution is 5.26. The van der Waals surface area contributed by atoms with Crippen molar-refractivity contribution in [3.05, 3.63) is 34.6 Å². The summed E-state index contributed by atoms with van der Waals surface area (Å²) in [5, 5.41) is 0. The largest absolute Gasteiger partial charge is 0.385 e. The average molecular weight is 269 g/mol. The molecule has 0 saturated heterocycles. The number of hydrogen-bond donors (Lipinski definition) is 1. The van der Waals surface area contributed by atoms with Crippen LogP contribution in [0.4, 0.5) is 22.0 Å². The molecule has 0 fully saturated rings. The maximum absolute atomic E-state index is 13.3. The minimum Gasteiger partial charge on any atom is -0.385 e. The quantitative estimate of drug-likeness (QED) is 0.386. The van der Waals surface area contributed by atoms with Crippen molar-refractivity contribution in [3.63, 3.8) is 0 Å². The molecule has 0 spiro atoms. The summed E-state index contributed by atoms with van der Waals surface area (Å²) < 4.78 is 70.0. The predicted molar refractivity (Wildman–Crippen MR) is 54.3 cm³/mol. The van der Waals surface area contributed by atoms with Gasteiger partial charge in [0.15, 0.2) is 23.3 Å². The second-order valence-electron chi connectivity index (χ2n) is 3.73. The van der Waals surface area contributed by atoms with E-state index in [1.807, 2.05) is 0 Å². The second-order valence-corrected chi connectivity index (χ2v) is 3.73. The van der Waals surface area contributed by atoms with E-state index in [-0.39, 0.29) is 13.0 Å². The van der Waals surface area contributed by atoms with E-state index >= 15 is 0 Å². The average Bonchev–Trinajstić information content (AvgIpc) is 2.34. The third kappa shape index (κ3) is 2.78. The first kappa shape index (κ1) is 14.8. The molecule has 0 amide bonds. The molecule has 0 aromatic heterocycles. The Morgan fingerprint density at radius 3 is 1.83 bits per heavy atom. The highest BCUT2D eigenvalue weighted by Crippen LogP contribution is 2.28. The molecule has 1 aromatic carbocycles. The van der Waals surface area contributed by atoms with E-state index in [0.29, 0.717) is 6.42 Å². The fraction of sp³-hybridized carbons (Fsp3) is 0.455. The summed E-state index contributed by atoms with van der Waals surface area (Å²) >= 11 is 0. The molecule has 0 heterocycles. The van der Waals surface area contributed by atoms with Gasteiger partial charge in [0.1, 0.15) is 0 Å². The Morgan fingerprint density at radius 1 is 0.944 bits per heavy atom. The topological polar surface area (TPSA) is 35.2 Å². The lowest BCUT2D eigenvalue weighted by atomic mass is 10.0. The molecule has 1 aromatic rings. The SMILES string of the molecule is COCCCC(N)c1c(F)c(F)c(F)c(F)c1F. The van der Waals surface area contributed by atoms with Crippen molar-refractivity contribution < 1.29 is 26.7 Å². The van der Waals surface area contributed by atoms with E-state index in [1.165, 1.54) is 7.11 Å². The van der Waals surface area contributed by atoms with Gasteiger partial charge >= 0.3 is 0 Å². The number of halogens is 5. The summed E-state index contributed by atoms with van der Waals surface area (Å²) in [6.45, 7) is 0.281. The Kier molecular flexibility index (Phi) is 5.03. The van der Waals surface area contributed by atoms with Gasteiger partial charge in [-0.05, 0) is 12.8 Å². The maximum Gasteiger partial charge on any atom is 0.200 e. The van der Waals surface area contributed by atoms with Gasteiger partial charge in [-0.1, -0.05) is 0 Å². The van der Waals surface area contributed by atoms with Crippen LogP contribution in [0.15, 0.2) is 0 Å². The van der Waals surface area contributed by atoms with Gasteiger partial charge in [-0.25, -0.2) is 22.0 Å². The minimum absolute atomic E-state index is 0.0478. The molecule has 0 aliphatic heterocycles. The molecular weight excluding hydrogens is 257 g/mol. The standard InChI is InChI=1S/C11H12F5NO/c1-18-4-2-3-5(17)6-7(12)9(14)11(16)10(15)8(6)13/h5H,2-4,17H2,1H3. The summed E-state index contributed by atoms with van der Waals surface area (Å²) in [6.07, 6.45) is 0.392. The summed E-state index contributed by atoms with van der Waals surface area (Å²) in [7, 11) is 1.42. The Balaban J connectivity index is 3.08. The fourth-order valence-corrected chi connectivity index (χ4v) is 1.54. The van der Waals surface area contributed by atoms with E-state index < -0.39 is 40.7 Å². The first-order valence-electron chi connectivity index (χ1n) is 5.17. The lowest BCUT2D eigenvalue weighted by molar-refractivity contribution is 0.190. The number of ether oxygens (including phenoxy) is 1. The van der Waals surface area contributed by atoms with Crippen LogP contribution in [0.3, 0.4) is 0 Å². The van der Waals surface area contributed by atoms with Crippen LogP contribution >= 0.6 is 0 Å². The van der Waals surface area contributed by atoms with E-state index in [0.717, 1.165) is 0 Å². The van der Waals surface area contributed by atoms with Crippen LogP contribution in [0.2, 0.25) is 0 Å². The molecule has 7 heteroatoms. The van der Waals surface area contributed by atoms with Gasteiger partial charge in [-0.2, -0.15) is 0 Å². The molecule has 1 rings (SSSR count). The van der Waals surface area contributed by atoms with Gasteiger partial charge in [-0.3, -0.25) is 0 Å². The van der Waals surface area contributed by atoms with Crippen LogP contribution in [0, 0.1) is 29.1 Å². The van der Waals surface area contributed by atoms with Crippen molar-refractivity contribution in [1.29, 1.82) is 0 Å². The van der Waals surface area contributed by atoms with Gasteiger partial charge in [0.2, 0.25) is 5.82 Å². The Morgan fingerprint density at radius 2 is 1.39 bits per heavy atom. The molecule has 0 aliphatic rings. The van der Waals surface area contributed by atoms with Gasteiger partial charge in [0.05, 0.1) is 0 Å². The Bertz CT molecular complexity index is 409. The summed E-state index contributed by atoms with van der Waals surface area (Å²) in [6, 6.07) is -1.27. The third-order valence-corrected chi connectivity index (χ3v) is 2.48. The Labute approximate surface area is 101 Å². The van der Waals surface area contributed by atoms with Crippen LogP contribution < -0.4 is 5.73 Å². The Hall–Kier alpha value is -1.21. The monoisotopic (exact) mass is 269 g/mol. The molecule has 0 radical (unpaired) electrons. The van der Waals surface area contributed by atoms with Crippen LogP contribution in [0.1, 0.15) is 24.4 Å². The van der Waals surface area contributed by atoms with Crippen LogP contribution in [-0.4, -0.2) is 13.7 Å².